The first-order valence-corrected chi connectivity index (χ1v) is 7.33. The zero-order valence-electron chi connectivity index (χ0n) is 12.4. The molecule has 5 nitrogen and oxygen atoms in total. The van der Waals surface area contributed by atoms with Crippen LogP contribution in [0.5, 0.6) is 0 Å². The molecule has 2 amide bonds. The summed E-state index contributed by atoms with van der Waals surface area (Å²) in [7, 11) is 0. The van der Waals surface area contributed by atoms with E-state index in [1.165, 1.54) is 5.56 Å². The van der Waals surface area contributed by atoms with Crippen LogP contribution >= 0.6 is 0 Å². The molecular formula is C16H20N2O3. The van der Waals surface area contributed by atoms with E-state index < -0.39 is 12.0 Å². The quantitative estimate of drug-likeness (QED) is 0.821. The number of hydrogen-bond acceptors (Lipinski definition) is 3. The van der Waals surface area contributed by atoms with Gasteiger partial charge in [-0.3, -0.25) is 9.59 Å². The van der Waals surface area contributed by atoms with Crippen molar-refractivity contribution < 1.29 is 14.7 Å². The Morgan fingerprint density at radius 1 is 1.24 bits per heavy atom. The number of β-amino-alcohol motifs (C(OH)–C–C–N with tert-alkyl or cyclic N) is 1. The summed E-state index contributed by atoms with van der Waals surface area (Å²) in [5.74, 6) is -0.847. The molecule has 21 heavy (non-hydrogen) atoms. The summed E-state index contributed by atoms with van der Waals surface area (Å²) in [5, 5.41) is 9.27. The van der Waals surface area contributed by atoms with Crippen molar-refractivity contribution in [3.63, 3.8) is 0 Å². The molecule has 0 saturated carbocycles. The molecule has 2 heterocycles. The molecule has 1 atom stereocenters. The molecule has 0 aliphatic carbocycles. The Labute approximate surface area is 124 Å². The van der Waals surface area contributed by atoms with E-state index in [0.29, 0.717) is 26.1 Å². The number of aliphatic hydroxyl groups is 1. The number of anilines is 1. The Balaban J connectivity index is 1.74. The first-order valence-electron chi connectivity index (χ1n) is 7.33. The van der Waals surface area contributed by atoms with Crippen LogP contribution in [0.4, 0.5) is 5.69 Å². The van der Waals surface area contributed by atoms with Gasteiger partial charge in [0.15, 0.2) is 0 Å². The molecule has 112 valence electrons. The van der Waals surface area contributed by atoms with Gasteiger partial charge in [-0.1, -0.05) is 6.07 Å². The van der Waals surface area contributed by atoms with Crippen molar-refractivity contribution in [1.29, 1.82) is 0 Å². The third-order valence-electron chi connectivity index (χ3n) is 4.48. The lowest BCUT2D eigenvalue weighted by molar-refractivity contribution is -0.148. The summed E-state index contributed by atoms with van der Waals surface area (Å²) in [6.45, 7) is 5.34. The van der Waals surface area contributed by atoms with Gasteiger partial charge >= 0.3 is 0 Å². The molecule has 2 fully saturated rings. The lowest BCUT2D eigenvalue weighted by atomic mass is 10.0. The van der Waals surface area contributed by atoms with E-state index in [1.54, 1.807) is 9.80 Å². The van der Waals surface area contributed by atoms with E-state index in [2.05, 4.69) is 0 Å². The minimum absolute atomic E-state index is 0.121. The smallest absolute Gasteiger partial charge is 0.239 e. The molecule has 2 saturated heterocycles. The van der Waals surface area contributed by atoms with Crippen molar-refractivity contribution in [2.75, 3.05) is 24.5 Å². The fourth-order valence-electron chi connectivity index (χ4n) is 2.91. The van der Waals surface area contributed by atoms with Crippen molar-refractivity contribution in [3.05, 3.63) is 29.3 Å². The molecule has 3 rings (SSSR count). The third kappa shape index (κ3) is 2.42. The van der Waals surface area contributed by atoms with Crippen LogP contribution in [0.3, 0.4) is 0 Å². The predicted octanol–water partition coefficient (Wildman–Crippen LogP) is 0.859. The van der Waals surface area contributed by atoms with Crippen LogP contribution in [0.25, 0.3) is 0 Å². The van der Waals surface area contributed by atoms with Gasteiger partial charge < -0.3 is 14.9 Å². The lowest BCUT2D eigenvalue weighted by Gasteiger charge is -2.37. The van der Waals surface area contributed by atoms with Gasteiger partial charge in [0.05, 0.1) is 6.10 Å². The average Bonchev–Trinajstić information content (AvgIpc) is 2.79. The van der Waals surface area contributed by atoms with Gasteiger partial charge in [-0.2, -0.15) is 0 Å². The van der Waals surface area contributed by atoms with E-state index in [-0.39, 0.29) is 11.8 Å². The highest BCUT2D eigenvalue weighted by atomic mass is 16.3. The second-order valence-corrected chi connectivity index (χ2v) is 6.00. The number of amides is 2. The molecule has 1 aromatic rings. The molecule has 0 bridgehead atoms. The summed E-state index contributed by atoms with van der Waals surface area (Å²) in [5.41, 5.74) is 3.19. The van der Waals surface area contributed by atoms with Gasteiger partial charge in [0.1, 0.15) is 5.92 Å². The molecule has 5 heteroatoms. The van der Waals surface area contributed by atoms with Crippen molar-refractivity contribution in [2.45, 2.75) is 26.4 Å². The number of carbonyl (C=O) groups excluding carboxylic acids is 2. The van der Waals surface area contributed by atoms with Crippen LogP contribution in [0.2, 0.25) is 0 Å². The number of aryl methyl sites for hydroxylation is 2. The fraction of sp³-hybridized carbons (Fsp3) is 0.500. The highest BCUT2D eigenvalue weighted by Gasteiger charge is 2.42. The second kappa shape index (κ2) is 5.15. The lowest BCUT2D eigenvalue weighted by Crippen LogP contribution is -2.56. The number of benzene rings is 1. The molecule has 2 aliphatic rings. The van der Waals surface area contributed by atoms with E-state index >= 15 is 0 Å². The molecule has 2 aliphatic heterocycles. The van der Waals surface area contributed by atoms with E-state index in [4.69, 9.17) is 0 Å². The zero-order chi connectivity index (χ0) is 15.1. The number of aliphatic hydroxyl groups excluding tert-OH is 1. The highest BCUT2D eigenvalue weighted by Crippen LogP contribution is 2.28. The molecule has 0 spiro atoms. The van der Waals surface area contributed by atoms with Crippen LogP contribution in [0, 0.1) is 19.8 Å². The normalized spacial score (nSPS) is 22.6. The number of likely N-dealkylation sites (tertiary alicyclic amines) is 1. The molecule has 0 radical (unpaired) electrons. The Morgan fingerprint density at radius 3 is 2.57 bits per heavy atom. The Hall–Kier alpha value is -1.88. The fourth-order valence-corrected chi connectivity index (χ4v) is 2.91. The summed E-state index contributed by atoms with van der Waals surface area (Å²) >= 11 is 0. The van der Waals surface area contributed by atoms with E-state index in [1.807, 2.05) is 32.0 Å². The molecular weight excluding hydrogens is 268 g/mol. The minimum atomic E-state index is -0.584. The van der Waals surface area contributed by atoms with Crippen LogP contribution < -0.4 is 4.90 Å². The molecule has 0 aromatic heterocycles. The largest absolute Gasteiger partial charge is 0.389 e. The van der Waals surface area contributed by atoms with E-state index in [0.717, 1.165) is 11.3 Å². The average molecular weight is 288 g/mol. The van der Waals surface area contributed by atoms with Crippen molar-refractivity contribution in [2.24, 2.45) is 5.92 Å². The van der Waals surface area contributed by atoms with Crippen molar-refractivity contribution in [3.8, 4) is 0 Å². The monoisotopic (exact) mass is 288 g/mol. The van der Waals surface area contributed by atoms with Gasteiger partial charge in [0.2, 0.25) is 11.8 Å². The van der Waals surface area contributed by atoms with Crippen molar-refractivity contribution >= 4 is 17.5 Å². The van der Waals surface area contributed by atoms with Gasteiger partial charge in [-0.25, -0.2) is 0 Å². The highest BCUT2D eigenvalue weighted by molar-refractivity contribution is 6.09. The maximum Gasteiger partial charge on any atom is 0.239 e. The van der Waals surface area contributed by atoms with Crippen LogP contribution in [-0.2, 0) is 9.59 Å². The molecule has 1 aromatic carbocycles. The maximum absolute atomic E-state index is 12.5. The number of carbonyl (C=O) groups is 2. The van der Waals surface area contributed by atoms with Gasteiger partial charge in [0, 0.05) is 25.3 Å². The number of rotatable bonds is 2. The maximum atomic E-state index is 12.5. The van der Waals surface area contributed by atoms with E-state index in [9.17, 15) is 14.7 Å². The zero-order valence-corrected chi connectivity index (χ0v) is 12.4. The SMILES string of the molecule is Cc1ccc(N2CCC(C(=O)N3CC(O)C3)C2=O)cc1C. The Kier molecular flexibility index (Phi) is 3.45. The summed E-state index contributed by atoms with van der Waals surface area (Å²) in [6, 6.07) is 5.92. The Bertz CT molecular complexity index is 593. The van der Waals surface area contributed by atoms with Gasteiger partial charge in [-0.15, -0.1) is 0 Å². The third-order valence-corrected chi connectivity index (χ3v) is 4.48. The first-order chi connectivity index (χ1) is 9.97. The minimum Gasteiger partial charge on any atom is -0.389 e. The summed E-state index contributed by atoms with van der Waals surface area (Å²) < 4.78 is 0. The number of hydrogen-bond donors (Lipinski definition) is 1. The second-order valence-electron chi connectivity index (χ2n) is 6.00. The molecule has 1 N–H and O–H groups in total. The van der Waals surface area contributed by atoms with Crippen LogP contribution in [-0.4, -0.2) is 47.6 Å². The van der Waals surface area contributed by atoms with Gasteiger partial charge in [-0.05, 0) is 43.5 Å². The van der Waals surface area contributed by atoms with Crippen LogP contribution in [0.1, 0.15) is 17.5 Å². The standard InChI is InChI=1S/C16H20N2O3/c1-10-3-4-12(7-11(10)2)18-6-5-14(16(18)21)15(20)17-8-13(19)9-17/h3-4,7,13-14,19H,5-6,8-9H2,1-2H3. The molecule has 1 unspecified atom stereocenters. The first kappa shape index (κ1) is 14.1. The Morgan fingerprint density at radius 2 is 1.95 bits per heavy atom. The summed E-state index contributed by atoms with van der Waals surface area (Å²) in [4.78, 5) is 28.0. The van der Waals surface area contributed by atoms with Crippen LogP contribution in [0.15, 0.2) is 18.2 Å². The van der Waals surface area contributed by atoms with Crippen molar-refractivity contribution in [1.82, 2.24) is 4.90 Å². The summed E-state index contributed by atoms with van der Waals surface area (Å²) in [6.07, 6.45) is 0.123. The number of nitrogens with zero attached hydrogens (tertiary/aromatic N) is 2. The predicted molar refractivity (Wildman–Crippen MR) is 79.0 cm³/mol. The topological polar surface area (TPSA) is 60.9 Å². The van der Waals surface area contributed by atoms with Gasteiger partial charge in [0.25, 0.3) is 0 Å².